The lowest BCUT2D eigenvalue weighted by molar-refractivity contribution is -0.128. The van der Waals surface area contributed by atoms with Gasteiger partial charge in [0.2, 0.25) is 11.8 Å². The molecule has 1 heterocycles. The van der Waals surface area contributed by atoms with Crippen molar-refractivity contribution in [2.24, 2.45) is 4.99 Å². The number of hydrogen-bond donors (Lipinski definition) is 3. The number of nitrogens with zero attached hydrogens (tertiary/aromatic N) is 3. The van der Waals surface area contributed by atoms with Crippen LogP contribution >= 0.6 is 24.0 Å². The van der Waals surface area contributed by atoms with Gasteiger partial charge in [-0.1, -0.05) is 6.07 Å². The topological polar surface area (TPSA) is 98.7 Å². The molecule has 158 valence electrons. The second-order valence-corrected chi connectivity index (χ2v) is 7.23. The molecule has 0 aliphatic heterocycles. The maximum Gasteiger partial charge on any atom is 0.242 e. The van der Waals surface area contributed by atoms with E-state index in [9.17, 15) is 9.59 Å². The lowest BCUT2D eigenvalue weighted by Gasteiger charge is -2.20. The SMILES string of the molecule is CCNC(=NCC(=O)NC(C)(C)C)NCC(=O)N(C)CCc1ccccn1.I. The molecule has 3 N–H and O–H groups in total. The van der Waals surface area contributed by atoms with Crippen LogP contribution in [0.3, 0.4) is 0 Å². The van der Waals surface area contributed by atoms with Crippen molar-refractivity contribution in [1.29, 1.82) is 0 Å². The van der Waals surface area contributed by atoms with E-state index in [2.05, 4.69) is 25.9 Å². The van der Waals surface area contributed by atoms with Gasteiger partial charge in [-0.05, 0) is 39.8 Å². The Bertz CT molecular complexity index is 631. The number of carbonyl (C=O) groups excluding carboxylic acids is 2. The molecule has 0 atom stereocenters. The van der Waals surface area contributed by atoms with Crippen LogP contribution in [-0.2, 0) is 16.0 Å². The zero-order chi connectivity index (χ0) is 20.3. The van der Waals surface area contributed by atoms with Gasteiger partial charge in [0.25, 0.3) is 0 Å². The maximum absolute atomic E-state index is 12.3. The molecular weight excluding hydrogens is 471 g/mol. The molecule has 0 unspecified atom stereocenters. The van der Waals surface area contributed by atoms with Crippen molar-refractivity contribution in [2.45, 2.75) is 39.7 Å². The minimum Gasteiger partial charge on any atom is -0.357 e. The first-order valence-corrected chi connectivity index (χ1v) is 9.18. The number of amides is 2. The van der Waals surface area contributed by atoms with E-state index in [4.69, 9.17) is 0 Å². The molecule has 0 aromatic carbocycles. The third kappa shape index (κ3) is 11.7. The van der Waals surface area contributed by atoms with Gasteiger partial charge in [0.05, 0.1) is 6.54 Å². The fourth-order valence-electron chi connectivity index (χ4n) is 2.20. The first kappa shape index (κ1) is 26.1. The Morgan fingerprint density at radius 3 is 2.50 bits per heavy atom. The number of aromatic nitrogens is 1. The lowest BCUT2D eigenvalue weighted by atomic mass is 10.1. The molecule has 0 spiro atoms. The highest BCUT2D eigenvalue weighted by Crippen LogP contribution is 1.98. The average Bonchev–Trinajstić information content (AvgIpc) is 2.61. The number of likely N-dealkylation sites (N-methyl/N-ethyl adjacent to an activating group) is 1. The standard InChI is InChI=1S/C19H32N6O2.HI/c1-6-20-18(22-13-16(26)24-19(2,3)4)23-14-17(27)25(5)12-10-15-9-7-8-11-21-15;/h7-9,11H,6,10,12-14H2,1-5H3,(H,24,26)(H2,20,22,23);1H. The highest BCUT2D eigenvalue weighted by molar-refractivity contribution is 14.0. The molecule has 8 nitrogen and oxygen atoms in total. The Kier molecular flexibility index (Phi) is 12.4. The molecule has 0 radical (unpaired) electrons. The molecule has 0 saturated heterocycles. The number of pyridine rings is 1. The van der Waals surface area contributed by atoms with E-state index < -0.39 is 0 Å². The zero-order valence-corrected chi connectivity index (χ0v) is 19.7. The third-order valence-corrected chi connectivity index (χ3v) is 3.50. The van der Waals surface area contributed by atoms with Crippen LogP contribution in [0.1, 0.15) is 33.4 Å². The molecule has 1 rings (SSSR count). The zero-order valence-electron chi connectivity index (χ0n) is 17.4. The largest absolute Gasteiger partial charge is 0.357 e. The van der Waals surface area contributed by atoms with Gasteiger partial charge in [-0.25, -0.2) is 4.99 Å². The van der Waals surface area contributed by atoms with Crippen molar-refractivity contribution < 1.29 is 9.59 Å². The Labute approximate surface area is 185 Å². The average molecular weight is 504 g/mol. The van der Waals surface area contributed by atoms with Gasteiger partial charge in [-0.15, -0.1) is 24.0 Å². The van der Waals surface area contributed by atoms with Crippen molar-refractivity contribution in [3.05, 3.63) is 30.1 Å². The summed E-state index contributed by atoms with van der Waals surface area (Å²) < 4.78 is 0. The van der Waals surface area contributed by atoms with Crippen LogP contribution in [0.2, 0.25) is 0 Å². The normalized spacial score (nSPS) is 11.2. The van der Waals surface area contributed by atoms with Gasteiger partial charge < -0.3 is 20.9 Å². The van der Waals surface area contributed by atoms with Gasteiger partial charge >= 0.3 is 0 Å². The number of rotatable bonds is 8. The maximum atomic E-state index is 12.3. The number of guanidine groups is 1. The lowest BCUT2D eigenvalue weighted by Crippen LogP contribution is -2.45. The van der Waals surface area contributed by atoms with Crippen LogP contribution in [0, 0.1) is 0 Å². The Hall–Kier alpha value is -1.91. The summed E-state index contributed by atoms with van der Waals surface area (Å²) >= 11 is 0. The monoisotopic (exact) mass is 504 g/mol. The molecule has 0 fully saturated rings. The minimum absolute atomic E-state index is 0. The first-order chi connectivity index (χ1) is 12.7. The van der Waals surface area contributed by atoms with Gasteiger partial charge in [0.15, 0.2) is 5.96 Å². The van der Waals surface area contributed by atoms with Crippen molar-refractivity contribution in [3.8, 4) is 0 Å². The second kappa shape index (κ2) is 13.3. The molecule has 0 bridgehead atoms. The van der Waals surface area contributed by atoms with Crippen LogP contribution in [0.4, 0.5) is 0 Å². The van der Waals surface area contributed by atoms with Crippen molar-refractivity contribution in [1.82, 2.24) is 25.8 Å². The fraction of sp³-hybridized carbons (Fsp3) is 0.579. The van der Waals surface area contributed by atoms with Gasteiger partial charge in [0.1, 0.15) is 6.54 Å². The summed E-state index contributed by atoms with van der Waals surface area (Å²) in [5, 5.41) is 8.85. The number of carbonyl (C=O) groups is 2. The van der Waals surface area contributed by atoms with E-state index in [1.807, 2.05) is 45.9 Å². The van der Waals surface area contributed by atoms with Crippen LogP contribution in [0.25, 0.3) is 0 Å². The third-order valence-electron chi connectivity index (χ3n) is 3.50. The minimum atomic E-state index is -0.301. The number of hydrogen-bond acceptors (Lipinski definition) is 4. The van der Waals surface area contributed by atoms with E-state index in [0.29, 0.717) is 25.5 Å². The molecule has 1 aromatic rings. The summed E-state index contributed by atoms with van der Waals surface area (Å²) in [4.78, 5) is 34.3. The number of nitrogens with one attached hydrogen (secondary N) is 3. The molecule has 9 heteroatoms. The van der Waals surface area contributed by atoms with Crippen LogP contribution in [0.5, 0.6) is 0 Å². The predicted molar refractivity (Wildman–Crippen MR) is 123 cm³/mol. The number of aliphatic imine (C=N–C) groups is 1. The summed E-state index contributed by atoms with van der Waals surface area (Å²) in [6, 6.07) is 5.74. The highest BCUT2D eigenvalue weighted by atomic mass is 127. The van der Waals surface area contributed by atoms with E-state index in [-0.39, 0.29) is 54.4 Å². The highest BCUT2D eigenvalue weighted by Gasteiger charge is 2.14. The summed E-state index contributed by atoms with van der Waals surface area (Å²) in [6.45, 7) is 8.98. The van der Waals surface area contributed by atoms with Gasteiger partial charge in [0, 0.05) is 44.0 Å². The first-order valence-electron chi connectivity index (χ1n) is 9.18. The molecule has 0 aliphatic carbocycles. The van der Waals surface area contributed by atoms with E-state index in [0.717, 1.165) is 5.69 Å². The van der Waals surface area contributed by atoms with Crippen LogP contribution in [0.15, 0.2) is 29.4 Å². The summed E-state index contributed by atoms with van der Waals surface area (Å²) in [6.07, 6.45) is 2.44. The van der Waals surface area contributed by atoms with Crippen molar-refractivity contribution in [2.75, 3.05) is 33.2 Å². The predicted octanol–water partition coefficient (Wildman–Crippen LogP) is 1.17. The Morgan fingerprint density at radius 2 is 1.93 bits per heavy atom. The number of halogens is 1. The molecule has 0 saturated carbocycles. The van der Waals surface area contributed by atoms with Crippen molar-refractivity contribution >= 4 is 41.8 Å². The second-order valence-electron chi connectivity index (χ2n) is 7.23. The Morgan fingerprint density at radius 1 is 1.21 bits per heavy atom. The molecule has 0 aliphatic rings. The molecule has 28 heavy (non-hydrogen) atoms. The Balaban J connectivity index is 0.00000729. The summed E-state index contributed by atoms with van der Waals surface area (Å²) in [7, 11) is 1.76. The quantitative estimate of drug-likeness (QED) is 0.281. The van der Waals surface area contributed by atoms with Crippen LogP contribution in [-0.4, -0.2) is 66.4 Å². The van der Waals surface area contributed by atoms with Gasteiger partial charge in [-0.2, -0.15) is 0 Å². The molecule has 2 amide bonds. The fourth-order valence-corrected chi connectivity index (χ4v) is 2.20. The molecular formula is C19H33IN6O2. The van der Waals surface area contributed by atoms with E-state index >= 15 is 0 Å². The summed E-state index contributed by atoms with van der Waals surface area (Å²) in [5.41, 5.74) is 0.648. The smallest absolute Gasteiger partial charge is 0.242 e. The summed E-state index contributed by atoms with van der Waals surface area (Å²) in [5.74, 6) is 0.210. The van der Waals surface area contributed by atoms with Crippen LogP contribution < -0.4 is 16.0 Å². The van der Waals surface area contributed by atoms with Crippen molar-refractivity contribution in [3.63, 3.8) is 0 Å². The van der Waals surface area contributed by atoms with E-state index in [1.54, 1.807) is 18.1 Å². The van der Waals surface area contributed by atoms with E-state index in [1.165, 1.54) is 0 Å². The van der Waals surface area contributed by atoms with Gasteiger partial charge in [-0.3, -0.25) is 14.6 Å². The molecule has 1 aromatic heterocycles.